The summed E-state index contributed by atoms with van der Waals surface area (Å²) < 4.78 is 47.8. The van der Waals surface area contributed by atoms with Crippen molar-refractivity contribution in [3.05, 3.63) is 11.6 Å². The zero-order chi connectivity index (χ0) is 40.6. The standard InChI is InChI=1S/C43H66O14/c1-21-38(48)33(54-24(4)44)19-37(51-21)57-40-23(3)53-36(18-32(40)46)56-39-22(2)52-35(17-31(39)45)55-27-9-12-41(5)26(16-27)7-8-30-29(41)10-13-42(6)28(11-14-43(30,42)49)25-15-34(47)50-20-25/h15,21-23,26-33,35-40,45-46,48-49H,7-14,16-20H2,1-6H3/t21-,22-,23-,26-,27+,28-,29?,30-,31+,32+,33+,35+,36+,37+,38-,39-,40-,41+,42-,43+/m1/s1. The molecule has 14 heteroatoms. The molecule has 4 aliphatic heterocycles. The Kier molecular flexibility index (Phi) is 11.8. The summed E-state index contributed by atoms with van der Waals surface area (Å²) in [6, 6.07) is 0. The van der Waals surface area contributed by atoms with E-state index in [4.69, 9.17) is 37.9 Å². The number of rotatable bonds is 8. The van der Waals surface area contributed by atoms with Crippen molar-refractivity contribution < 1.29 is 67.9 Å². The first kappa shape index (κ1) is 42.0. The van der Waals surface area contributed by atoms with Gasteiger partial charge in [-0.15, -0.1) is 0 Å². The van der Waals surface area contributed by atoms with Crippen LogP contribution in [0.15, 0.2) is 11.6 Å². The predicted molar refractivity (Wildman–Crippen MR) is 201 cm³/mol. The highest BCUT2D eigenvalue weighted by molar-refractivity contribution is 5.85. The molecule has 0 aromatic rings. The first-order valence-corrected chi connectivity index (χ1v) is 21.7. The molecule has 4 heterocycles. The van der Waals surface area contributed by atoms with Crippen LogP contribution in [-0.4, -0.2) is 124 Å². The highest BCUT2D eigenvalue weighted by Crippen LogP contribution is 2.70. The SMILES string of the molecule is CC(=O)O[C@H]1C[C@H](O[C@H]2[C@@H](O)C[C@H](O[C@H]3[C@@H](O)C[C@H](O[C@H]4CC[C@]5(C)C6CC[C@]7(C)[C@@H](C8=CC(=O)OC8)CC[C@]7(O)[C@@H]6CC[C@@H]5C4)O[C@@H]3C)O[C@@H]2C)O[C@H](C)[C@H]1O. The molecule has 14 nitrogen and oxygen atoms in total. The monoisotopic (exact) mass is 806 g/mol. The lowest BCUT2D eigenvalue weighted by atomic mass is 9.43. The second kappa shape index (κ2) is 16.0. The van der Waals surface area contributed by atoms with E-state index < -0.39 is 85.4 Å². The summed E-state index contributed by atoms with van der Waals surface area (Å²) in [7, 11) is 0. The molecular formula is C43H66O14. The Labute approximate surface area is 336 Å². The molecule has 4 saturated carbocycles. The van der Waals surface area contributed by atoms with Crippen LogP contribution in [0.4, 0.5) is 0 Å². The summed E-state index contributed by atoms with van der Waals surface area (Å²) in [5.74, 6) is 0.591. The van der Waals surface area contributed by atoms with Gasteiger partial charge >= 0.3 is 11.9 Å². The van der Waals surface area contributed by atoms with Gasteiger partial charge in [0.15, 0.2) is 18.9 Å². The van der Waals surface area contributed by atoms with Gasteiger partial charge in [0.2, 0.25) is 0 Å². The molecule has 0 spiro atoms. The minimum absolute atomic E-state index is 0.0134. The Morgan fingerprint density at radius 1 is 0.754 bits per heavy atom. The highest BCUT2D eigenvalue weighted by atomic mass is 16.7. The second-order valence-electron chi connectivity index (χ2n) is 19.3. The van der Waals surface area contributed by atoms with Crippen molar-refractivity contribution in [1.82, 2.24) is 0 Å². The smallest absolute Gasteiger partial charge is 0.331 e. The first-order valence-electron chi connectivity index (χ1n) is 21.7. The molecule has 57 heavy (non-hydrogen) atoms. The fourth-order valence-electron chi connectivity index (χ4n) is 13.1. The molecule has 0 amide bonds. The molecule has 7 fully saturated rings. The molecule has 0 radical (unpaired) electrons. The van der Waals surface area contributed by atoms with Gasteiger partial charge in [-0.05, 0) is 113 Å². The van der Waals surface area contributed by atoms with Crippen LogP contribution in [-0.2, 0) is 47.5 Å². The van der Waals surface area contributed by atoms with Crippen LogP contribution >= 0.6 is 0 Å². The Bertz CT molecular complexity index is 1500. The van der Waals surface area contributed by atoms with E-state index in [2.05, 4.69) is 13.8 Å². The number of esters is 2. The number of carbonyl (C=O) groups excluding carboxylic acids is 2. The quantitative estimate of drug-likeness (QED) is 0.205. The maximum atomic E-state index is 12.6. The van der Waals surface area contributed by atoms with E-state index in [1.807, 2.05) is 6.92 Å². The average molecular weight is 807 g/mol. The van der Waals surface area contributed by atoms with Gasteiger partial charge in [0.1, 0.15) is 31.0 Å². The van der Waals surface area contributed by atoms with Gasteiger partial charge in [0, 0.05) is 37.7 Å². The van der Waals surface area contributed by atoms with E-state index in [1.165, 1.54) is 6.92 Å². The van der Waals surface area contributed by atoms with Crippen LogP contribution in [0.5, 0.6) is 0 Å². The van der Waals surface area contributed by atoms with Crippen LogP contribution in [0, 0.1) is 34.5 Å². The maximum absolute atomic E-state index is 12.6. The highest BCUT2D eigenvalue weighted by Gasteiger charge is 2.68. The van der Waals surface area contributed by atoms with Gasteiger partial charge in [-0.2, -0.15) is 0 Å². The maximum Gasteiger partial charge on any atom is 0.331 e. The van der Waals surface area contributed by atoms with Crippen LogP contribution < -0.4 is 0 Å². The molecule has 322 valence electrons. The zero-order valence-corrected chi connectivity index (χ0v) is 34.5. The number of cyclic esters (lactones) is 1. The fourth-order valence-corrected chi connectivity index (χ4v) is 13.1. The van der Waals surface area contributed by atoms with Crippen molar-refractivity contribution in [3.8, 4) is 0 Å². The number of fused-ring (bicyclic) bond motifs is 5. The number of hydrogen-bond donors (Lipinski definition) is 4. The van der Waals surface area contributed by atoms with Crippen molar-refractivity contribution in [3.63, 3.8) is 0 Å². The number of carbonyl (C=O) groups is 2. The van der Waals surface area contributed by atoms with Crippen molar-refractivity contribution in [2.45, 2.75) is 204 Å². The number of aliphatic hydroxyl groups excluding tert-OH is 3. The summed E-state index contributed by atoms with van der Waals surface area (Å²) in [5.41, 5.74) is 0.189. The third-order valence-corrected chi connectivity index (χ3v) is 16.2. The van der Waals surface area contributed by atoms with E-state index in [0.717, 1.165) is 63.4 Å². The fraction of sp³-hybridized carbons (Fsp3) is 0.907. The largest absolute Gasteiger partial charge is 0.459 e. The first-order chi connectivity index (χ1) is 27.0. The average Bonchev–Trinajstić information content (AvgIpc) is 3.69. The van der Waals surface area contributed by atoms with Crippen molar-refractivity contribution in [2.75, 3.05) is 6.61 Å². The molecule has 20 atom stereocenters. The van der Waals surface area contributed by atoms with Crippen LogP contribution in [0.2, 0.25) is 0 Å². The molecule has 8 aliphatic rings. The second-order valence-corrected chi connectivity index (χ2v) is 19.3. The zero-order valence-electron chi connectivity index (χ0n) is 34.5. The van der Waals surface area contributed by atoms with Gasteiger partial charge in [-0.3, -0.25) is 4.79 Å². The summed E-state index contributed by atoms with van der Waals surface area (Å²) in [5, 5.41) is 45.4. The van der Waals surface area contributed by atoms with Crippen LogP contribution in [0.3, 0.4) is 0 Å². The normalized spacial score (nSPS) is 52.6. The number of hydrogen-bond acceptors (Lipinski definition) is 14. The van der Waals surface area contributed by atoms with E-state index >= 15 is 0 Å². The topological polar surface area (TPSA) is 189 Å². The summed E-state index contributed by atoms with van der Waals surface area (Å²) in [6.07, 6.45) is 1.76. The van der Waals surface area contributed by atoms with Crippen molar-refractivity contribution in [2.24, 2.45) is 34.5 Å². The van der Waals surface area contributed by atoms with Gasteiger partial charge in [-0.25, -0.2) is 4.79 Å². The minimum atomic E-state index is -0.992. The number of ether oxygens (including phenoxy) is 8. The Balaban J connectivity index is 0.819. The number of aliphatic hydroxyl groups is 4. The van der Waals surface area contributed by atoms with E-state index in [9.17, 15) is 30.0 Å². The van der Waals surface area contributed by atoms with Crippen LogP contribution in [0.1, 0.15) is 119 Å². The molecule has 4 N–H and O–H groups in total. The molecule has 0 aromatic carbocycles. The third kappa shape index (κ3) is 7.65. The molecule has 0 aromatic heterocycles. The molecule has 8 rings (SSSR count). The van der Waals surface area contributed by atoms with Gasteiger partial charge in [-0.1, -0.05) is 13.8 Å². The Morgan fingerprint density at radius 3 is 2.00 bits per heavy atom. The van der Waals surface area contributed by atoms with Crippen molar-refractivity contribution in [1.29, 1.82) is 0 Å². The van der Waals surface area contributed by atoms with Crippen LogP contribution in [0.25, 0.3) is 0 Å². The van der Waals surface area contributed by atoms with Gasteiger partial charge in [0.25, 0.3) is 0 Å². The molecule has 1 unspecified atom stereocenters. The minimum Gasteiger partial charge on any atom is -0.459 e. The van der Waals surface area contributed by atoms with Crippen molar-refractivity contribution >= 4 is 11.9 Å². The lowest BCUT2D eigenvalue weighted by molar-refractivity contribution is -0.336. The summed E-state index contributed by atoms with van der Waals surface area (Å²) in [6.45, 7) is 11.7. The Morgan fingerprint density at radius 2 is 1.39 bits per heavy atom. The molecule has 3 saturated heterocycles. The molecule has 0 bridgehead atoms. The van der Waals surface area contributed by atoms with Gasteiger partial charge in [0.05, 0.1) is 42.2 Å². The lowest BCUT2D eigenvalue weighted by Crippen LogP contribution is -2.62. The summed E-state index contributed by atoms with van der Waals surface area (Å²) >= 11 is 0. The third-order valence-electron chi connectivity index (χ3n) is 16.2. The molecule has 4 aliphatic carbocycles. The predicted octanol–water partition coefficient (Wildman–Crippen LogP) is 3.82. The lowest BCUT2D eigenvalue weighted by Gasteiger charge is -2.64. The van der Waals surface area contributed by atoms with E-state index in [1.54, 1.807) is 19.9 Å². The summed E-state index contributed by atoms with van der Waals surface area (Å²) in [4.78, 5) is 23.5. The van der Waals surface area contributed by atoms with E-state index in [0.29, 0.717) is 18.4 Å². The molecular weight excluding hydrogens is 740 g/mol. The van der Waals surface area contributed by atoms with E-state index in [-0.39, 0.29) is 54.0 Å². The Hall–Kier alpha value is -1.72. The van der Waals surface area contributed by atoms with Gasteiger partial charge < -0.3 is 58.3 Å².